The second-order valence-electron chi connectivity index (χ2n) is 7.63. The highest BCUT2D eigenvalue weighted by molar-refractivity contribution is 6.30. The van der Waals surface area contributed by atoms with Gasteiger partial charge in [0.15, 0.2) is 0 Å². The minimum absolute atomic E-state index is 0.146. The minimum Gasteiger partial charge on any atom is -0.337 e. The second-order valence-corrected chi connectivity index (χ2v) is 8.06. The molecule has 1 fully saturated rings. The molecule has 0 saturated carbocycles. The Balaban J connectivity index is 1.49. The van der Waals surface area contributed by atoms with Crippen LogP contribution in [0, 0.1) is 0 Å². The summed E-state index contributed by atoms with van der Waals surface area (Å²) in [6, 6.07) is 16.8. The van der Waals surface area contributed by atoms with E-state index in [1.54, 1.807) is 7.05 Å². The molecule has 154 valence electrons. The summed E-state index contributed by atoms with van der Waals surface area (Å²) in [5.41, 5.74) is 3.22. The van der Waals surface area contributed by atoms with Crippen molar-refractivity contribution < 1.29 is 4.79 Å². The highest BCUT2D eigenvalue weighted by Crippen LogP contribution is 2.27. The molecule has 0 N–H and O–H groups in total. The molecule has 2 aromatic heterocycles. The van der Waals surface area contributed by atoms with E-state index >= 15 is 0 Å². The van der Waals surface area contributed by atoms with Gasteiger partial charge in [0.1, 0.15) is 5.69 Å². The van der Waals surface area contributed by atoms with Gasteiger partial charge in [-0.05, 0) is 48.7 Å². The van der Waals surface area contributed by atoms with Gasteiger partial charge in [-0.3, -0.25) is 14.6 Å². The fourth-order valence-corrected chi connectivity index (χ4v) is 3.94. The van der Waals surface area contributed by atoms with Gasteiger partial charge in [0.2, 0.25) is 0 Å². The average Bonchev–Trinajstić information content (AvgIpc) is 2.77. The van der Waals surface area contributed by atoms with Crippen molar-refractivity contribution in [2.45, 2.75) is 25.2 Å². The minimum atomic E-state index is -0.232. The van der Waals surface area contributed by atoms with Crippen LogP contribution in [0.5, 0.6) is 0 Å². The van der Waals surface area contributed by atoms with Crippen LogP contribution < -0.4 is 5.56 Å². The van der Waals surface area contributed by atoms with Crippen LogP contribution in [-0.2, 0) is 13.5 Å². The summed E-state index contributed by atoms with van der Waals surface area (Å²) >= 11 is 5.97. The fourth-order valence-electron chi connectivity index (χ4n) is 3.82. The van der Waals surface area contributed by atoms with E-state index in [1.165, 1.54) is 16.8 Å². The molecular formula is C23H23ClN4O2. The van der Waals surface area contributed by atoms with E-state index < -0.39 is 0 Å². The van der Waals surface area contributed by atoms with Gasteiger partial charge >= 0.3 is 0 Å². The van der Waals surface area contributed by atoms with Crippen LogP contribution in [0.4, 0.5) is 0 Å². The van der Waals surface area contributed by atoms with Crippen molar-refractivity contribution in [1.82, 2.24) is 19.7 Å². The maximum absolute atomic E-state index is 12.9. The third kappa shape index (κ3) is 4.60. The van der Waals surface area contributed by atoms with Crippen LogP contribution in [0.15, 0.2) is 59.4 Å². The molecule has 4 rings (SSSR count). The SMILES string of the molecule is Cn1nc(C(=O)N2CCC[C@@H](c3cccc(Cc4ccc(Cl)cc4)n3)C2)ccc1=O. The Morgan fingerprint density at radius 3 is 2.70 bits per heavy atom. The van der Waals surface area contributed by atoms with Crippen molar-refractivity contribution >= 4 is 17.5 Å². The van der Waals surface area contributed by atoms with E-state index in [4.69, 9.17) is 16.6 Å². The molecule has 1 aliphatic heterocycles. The van der Waals surface area contributed by atoms with Crippen molar-refractivity contribution in [2.75, 3.05) is 13.1 Å². The van der Waals surface area contributed by atoms with Crippen molar-refractivity contribution in [1.29, 1.82) is 0 Å². The van der Waals surface area contributed by atoms with Crippen molar-refractivity contribution in [2.24, 2.45) is 7.05 Å². The Bertz CT molecular complexity index is 1110. The number of nitrogens with zero attached hydrogens (tertiary/aromatic N) is 4. The maximum atomic E-state index is 12.9. The van der Waals surface area contributed by atoms with Gasteiger partial charge in [-0.25, -0.2) is 4.68 Å². The van der Waals surface area contributed by atoms with Crippen molar-refractivity contribution in [3.05, 3.63) is 92.6 Å². The number of aryl methyl sites for hydroxylation is 1. The highest BCUT2D eigenvalue weighted by Gasteiger charge is 2.27. The summed E-state index contributed by atoms with van der Waals surface area (Å²) in [4.78, 5) is 31.1. The first-order valence-corrected chi connectivity index (χ1v) is 10.4. The fraction of sp³-hybridized carbons (Fsp3) is 0.304. The Morgan fingerprint density at radius 2 is 1.93 bits per heavy atom. The molecule has 0 aliphatic carbocycles. The molecule has 1 saturated heterocycles. The number of carbonyl (C=O) groups is 1. The number of halogens is 1. The van der Waals surface area contributed by atoms with Crippen molar-refractivity contribution in [3.8, 4) is 0 Å². The molecule has 3 heterocycles. The van der Waals surface area contributed by atoms with Gasteiger partial charge in [0.25, 0.3) is 11.5 Å². The van der Waals surface area contributed by atoms with Crippen LogP contribution in [0.3, 0.4) is 0 Å². The molecule has 1 aromatic carbocycles. The lowest BCUT2D eigenvalue weighted by Crippen LogP contribution is -2.40. The van der Waals surface area contributed by atoms with Crippen LogP contribution in [0.25, 0.3) is 0 Å². The molecule has 0 unspecified atom stereocenters. The maximum Gasteiger partial charge on any atom is 0.274 e. The number of hydrogen-bond donors (Lipinski definition) is 0. The van der Waals surface area contributed by atoms with Crippen LogP contribution in [0.2, 0.25) is 5.02 Å². The second kappa shape index (κ2) is 8.79. The van der Waals surface area contributed by atoms with Crippen molar-refractivity contribution in [3.63, 3.8) is 0 Å². The zero-order valence-electron chi connectivity index (χ0n) is 16.8. The number of pyridine rings is 1. The van der Waals surface area contributed by atoms with Gasteiger partial charge in [-0.15, -0.1) is 0 Å². The Kier molecular flexibility index (Phi) is 5.95. The number of likely N-dealkylation sites (tertiary alicyclic amines) is 1. The first kappa shape index (κ1) is 20.3. The summed E-state index contributed by atoms with van der Waals surface area (Å²) in [6.45, 7) is 1.28. The Morgan fingerprint density at radius 1 is 1.13 bits per heavy atom. The lowest BCUT2D eigenvalue weighted by atomic mass is 9.93. The van der Waals surface area contributed by atoms with E-state index in [2.05, 4.69) is 5.10 Å². The first-order valence-electron chi connectivity index (χ1n) is 10.0. The third-order valence-electron chi connectivity index (χ3n) is 5.43. The van der Waals surface area contributed by atoms with Gasteiger partial charge in [0, 0.05) is 55.0 Å². The summed E-state index contributed by atoms with van der Waals surface area (Å²) in [7, 11) is 1.55. The van der Waals surface area contributed by atoms with Gasteiger partial charge in [-0.2, -0.15) is 5.10 Å². The van der Waals surface area contributed by atoms with E-state index in [1.807, 2.05) is 47.4 Å². The summed E-state index contributed by atoms with van der Waals surface area (Å²) < 4.78 is 1.19. The van der Waals surface area contributed by atoms with Crippen LogP contribution >= 0.6 is 11.6 Å². The Hall–Kier alpha value is -2.99. The predicted molar refractivity (Wildman–Crippen MR) is 116 cm³/mol. The van der Waals surface area contributed by atoms with Crippen LogP contribution in [0.1, 0.15) is 46.2 Å². The molecule has 7 heteroatoms. The third-order valence-corrected chi connectivity index (χ3v) is 5.69. The quantitative estimate of drug-likeness (QED) is 0.645. The number of aromatic nitrogens is 3. The topological polar surface area (TPSA) is 68.1 Å². The first-order chi connectivity index (χ1) is 14.5. The number of amides is 1. The molecule has 0 radical (unpaired) electrons. The summed E-state index contributed by atoms with van der Waals surface area (Å²) in [6.07, 6.45) is 2.63. The summed E-state index contributed by atoms with van der Waals surface area (Å²) in [5.74, 6) is 0.0352. The van der Waals surface area contributed by atoms with E-state index in [0.717, 1.165) is 41.2 Å². The number of hydrogen-bond acceptors (Lipinski definition) is 4. The molecule has 1 atom stereocenters. The number of carbonyl (C=O) groups excluding carboxylic acids is 1. The average molecular weight is 423 g/mol. The zero-order chi connectivity index (χ0) is 21.1. The monoisotopic (exact) mass is 422 g/mol. The van der Waals surface area contributed by atoms with Gasteiger partial charge < -0.3 is 4.90 Å². The lowest BCUT2D eigenvalue weighted by Gasteiger charge is -2.32. The zero-order valence-corrected chi connectivity index (χ0v) is 17.5. The highest BCUT2D eigenvalue weighted by atomic mass is 35.5. The van der Waals surface area contributed by atoms with E-state index in [9.17, 15) is 9.59 Å². The standard InChI is InChI=1S/C23H23ClN4O2/c1-27-22(29)12-11-21(26-27)23(30)28-13-3-4-17(15-28)20-6-2-5-19(25-20)14-16-7-9-18(24)10-8-16/h2,5-12,17H,3-4,13-15H2,1H3/t17-/m1/s1. The number of piperidine rings is 1. The summed E-state index contributed by atoms with van der Waals surface area (Å²) in [5, 5.41) is 4.82. The molecule has 3 aromatic rings. The lowest BCUT2D eigenvalue weighted by molar-refractivity contribution is 0.0697. The largest absolute Gasteiger partial charge is 0.337 e. The molecule has 1 amide bonds. The predicted octanol–water partition coefficient (Wildman–Crippen LogP) is 3.44. The van der Waals surface area contributed by atoms with Gasteiger partial charge in [-0.1, -0.05) is 29.8 Å². The molecule has 0 spiro atoms. The number of benzene rings is 1. The normalized spacial score (nSPS) is 16.5. The number of rotatable bonds is 4. The molecule has 30 heavy (non-hydrogen) atoms. The molecule has 6 nitrogen and oxygen atoms in total. The molecule has 1 aliphatic rings. The molecular weight excluding hydrogens is 400 g/mol. The smallest absolute Gasteiger partial charge is 0.274 e. The molecule has 0 bridgehead atoms. The Labute approximate surface area is 180 Å². The van der Waals surface area contributed by atoms with Gasteiger partial charge in [0.05, 0.1) is 0 Å². The van der Waals surface area contributed by atoms with E-state index in [0.29, 0.717) is 18.8 Å². The van der Waals surface area contributed by atoms with E-state index in [-0.39, 0.29) is 17.4 Å². The van der Waals surface area contributed by atoms with Crippen LogP contribution in [-0.4, -0.2) is 38.7 Å².